The summed E-state index contributed by atoms with van der Waals surface area (Å²) in [6.07, 6.45) is 19.4. The minimum absolute atomic E-state index is 0.283. The number of benzene rings is 2. The van der Waals surface area contributed by atoms with E-state index in [2.05, 4.69) is 13.8 Å². The van der Waals surface area contributed by atoms with Crippen molar-refractivity contribution in [2.75, 3.05) is 0 Å². The number of hydrogen-bond acceptors (Lipinski definition) is 2. The van der Waals surface area contributed by atoms with Gasteiger partial charge in [-0.15, -0.1) is 0 Å². The summed E-state index contributed by atoms with van der Waals surface area (Å²) >= 11 is 0. The van der Waals surface area contributed by atoms with Gasteiger partial charge in [0, 0.05) is 5.56 Å². The highest BCUT2D eigenvalue weighted by Crippen LogP contribution is 2.45. The fourth-order valence-corrected chi connectivity index (χ4v) is 5.25. The minimum atomic E-state index is -4.66. The zero-order valence-corrected chi connectivity index (χ0v) is 22.9. The summed E-state index contributed by atoms with van der Waals surface area (Å²) in [6.45, 7) is 4.49. The molecule has 2 aromatic rings. The van der Waals surface area contributed by atoms with E-state index in [-0.39, 0.29) is 5.75 Å². The first-order chi connectivity index (χ1) is 17.0. The van der Waals surface area contributed by atoms with Gasteiger partial charge in [0.1, 0.15) is 5.75 Å². The molecular weight excluding hydrogens is 455 g/mol. The molecule has 0 bridgehead atoms. The van der Waals surface area contributed by atoms with Crippen LogP contribution < -0.4 is 4.52 Å². The lowest BCUT2D eigenvalue weighted by molar-refractivity contribution is 0.283. The molecule has 0 aliphatic rings. The van der Waals surface area contributed by atoms with Gasteiger partial charge in [-0.3, -0.25) is 9.79 Å². The van der Waals surface area contributed by atoms with Crippen LogP contribution in [-0.4, -0.2) is 9.79 Å². The average molecular weight is 503 g/mol. The van der Waals surface area contributed by atoms with Crippen molar-refractivity contribution in [1.82, 2.24) is 0 Å². The smallest absolute Gasteiger partial charge is 0.404 e. The van der Waals surface area contributed by atoms with Gasteiger partial charge >= 0.3 is 7.82 Å². The van der Waals surface area contributed by atoms with Crippen molar-refractivity contribution in [2.45, 2.75) is 117 Å². The number of phosphoric acid groups is 1. The van der Waals surface area contributed by atoms with Gasteiger partial charge in [-0.1, -0.05) is 127 Å². The van der Waals surface area contributed by atoms with Crippen LogP contribution in [-0.2, 0) is 17.4 Å². The summed E-state index contributed by atoms with van der Waals surface area (Å²) in [4.78, 5) is 19.1. The third-order valence-electron chi connectivity index (χ3n) is 6.73. The van der Waals surface area contributed by atoms with Gasteiger partial charge in [-0.25, -0.2) is 4.57 Å². The fourth-order valence-electron chi connectivity index (χ4n) is 4.85. The molecule has 0 spiro atoms. The van der Waals surface area contributed by atoms with Crippen LogP contribution in [0.2, 0.25) is 0 Å². The van der Waals surface area contributed by atoms with Gasteiger partial charge in [-0.05, 0) is 48.4 Å². The molecule has 196 valence electrons. The van der Waals surface area contributed by atoms with E-state index in [1.807, 2.05) is 36.4 Å². The maximum atomic E-state index is 11.8. The quantitative estimate of drug-likeness (QED) is 0.148. The monoisotopic (exact) mass is 502 g/mol. The molecule has 0 saturated carbocycles. The normalized spacial score (nSPS) is 11.7. The second-order valence-corrected chi connectivity index (χ2v) is 10.9. The molecule has 0 saturated heterocycles. The van der Waals surface area contributed by atoms with E-state index in [1.165, 1.54) is 88.2 Å². The molecule has 35 heavy (non-hydrogen) atoms. The van der Waals surface area contributed by atoms with Crippen molar-refractivity contribution in [3.63, 3.8) is 0 Å². The van der Waals surface area contributed by atoms with E-state index < -0.39 is 7.82 Å². The Bertz CT molecular complexity index is 875. The summed E-state index contributed by atoms with van der Waals surface area (Å²) in [5.74, 6) is 0.283. The molecule has 0 atom stereocenters. The Kier molecular flexibility index (Phi) is 14.3. The van der Waals surface area contributed by atoms with Gasteiger partial charge in [-0.2, -0.15) is 0 Å². The molecule has 0 aromatic heterocycles. The van der Waals surface area contributed by atoms with Crippen molar-refractivity contribution in [1.29, 1.82) is 0 Å². The Morgan fingerprint density at radius 2 is 1.17 bits per heavy atom. The van der Waals surface area contributed by atoms with E-state index in [9.17, 15) is 14.4 Å². The molecule has 0 amide bonds. The summed E-state index contributed by atoms with van der Waals surface area (Å²) in [5.41, 5.74) is 4.29. The number of rotatable bonds is 19. The van der Waals surface area contributed by atoms with Crippen molar-refractivity contribution in [3.8, 4) is 16.9 Å². The van der Waals surface area contributed by atoms with E-state index in [4.69, 9.17) is 4.52 Å². The van der Waals surface area contributed by atoms with Crippen LogP contribution in [0, 0.1) is 0 Å². The van der Waals surface area contributed by atoms with Gasteiger partial charge in [0.05, 0.1) is 0 Å². The zero-order valence-electron chi connectivity index (χ0n) is 22.0. The van der Waals surface area contributed by atoms with Crippen LogP contribution in [0.3, 0.4) is 0 Å². The molecule has 0 unspecified atom stereocenters. The fraction of sp³-hybridized carbons (Fsp3) is 0.600. The second-order valence-electron chi connectivity index (χ2n) is 9.77. The highest BCUT2D eigenvalue weighted by Gasteiger charge is 2.22. The van der Waals surface area contributed by atoms with Crippen molar-refractivity contribution < 1.29 is 18.9 Å². The summed E-state index contributed by atoms with van der Waals surface area (Å²) < 4.78 is 17.0. The molecular formula is C30H47O4P. The zero-order chi connectivity index (χ0) is 25.4. The first kappa shape index (κ1) is 29.6. The second kappa shape index (κ2) is 17.0. The van der Waals surface area contributed by atoms with Crippen LogP contribution in [0.4, 0.5) is 0 Å². The molecule has 5 heteroatoms. The van der Waals surface area contributed by atoms with Gasteiger partial charge < -0.3 is 4.52 Å². The number of phosphoric ester groups is 1. The molecule has 0 aliphatic heterocycles. The van der Waals surface area contributed by atoms with Crippen LogP contribution >= 0.6 is 7.82 Å². The molecule has 2 N–H and O–H groups in total. The lowest BCUT2D eigenvalue weighted by atomic mass is 9.88. The van der Waals surface area contributed by atoms with Gasteiger partial charge in [0.25, 0.3) is 0 Å². The van der Waals surface area contributed by atoms with E-state index in [0.717, 1.165) is 36.8 Å². The van der Waals surface area contributed by atoms with Crippen LogP contribution in [0.15, 0.2) is 42.5 Å². The Balaban J connectivity index is 2.22. The third kappa shape index (κ3) is 11.8. The largest absolute Gasteiger partial charge is 0.524 e. The molecule has 2 rings (SSSR count). The average Bonchev–Trinajstić information content (AvgIpc) is 2.83. The summed E-state index contributed by atoms with van der Waals surface area (Å²) in [5, 5.41) is 0. The van der Waals surface area contributed by atoms with Crippen molar-refractivity contribution in [3.05, 3.63) is 53.6 Å². The van der Waals surface area contributed by atoms with E-state index >= 15 is 0 Å². The Labute approximate surface area is 213 Å². The maximum absolute atomic E-state index is 11.8. The highest BCUT2D eigenvalue weighted by atomic mass is 31.2. The van der Waals surface area contributed by atoms with Gasteiger partial charge in [0.15, 0.2) is 0 Å². The standard InChI is InChI=1S/C30H47O4P/c1-3-5-7-9-11-13-16-20-26-24-25-29(34-35(31,32)33)30(27-21-17-15-18-22-27)28(26)23-19-14-12-10-8-6-4-2/h15,17-18,21-22,24-25H,3-14,16,19-20,23H2,1-2H3,(H2,31,32,33). The van der Waals surface area contributed by atoms with Crippen molar-refractivity contribution in [2.24, 2.45) is 0 Å². The van der Waals surface area contributed by atoms with E-state index in [1.54, 1.807) is 6.07 Å². The molecule has 0 heterocycles. The van der Waals surface area contributed by atoms with Crippen LogP contribution in [0.5, 0.6) is 5.75 Å². The summed E-state index contributed by atoms with van der Waals surface area (Å²) in [6, 6.07) is 13.7. The number of unbranched alkanes of at least 4 members (excludes halogenated alkanes) is 12. The third-order valence-corrected chi connectivity index (χ3v) is 7.17. The number of hydrogen-bond donors (Lipinski definition) is 2. The Morgan fingerprint density at radius 1 is 0.657 bits per heavy atom. The predicted octanol–water partition coefficient (Wildman–Crippen LogP) is 9.41. The Hall–Kier alpha value is -1.61. The molecule has 4 nitrogen and oxygen atoms in total. The minimum Gasteiger partial charge on any atom is -0.404 e. The van der Waals surface area contributed by atoms with Crippen LogP contribution in [0.25, 0.3) is 11.1 Å². The maximum Gasteiger partial charge on any atom is 0.524 e. The molecule has 0 radical (unpaired) electrons. The predicted molar refractivity (Wildman–Crippen MR) is 148 cm³/mol. The molecule has 0 aliphatic carbocycles. The lowest BCUT2D eigenvalue weighted by Crippen LogP contribution is -2.03. The Morgan fingerprint density at radius 3 is 1.71 bits per heavy atom. The first-order valence-corrected chi connectivity index (χ1v) is 15.4. The van der Waals surface area contributed by atoms with E-state index in [0.29, 0.717) is 0 Å². The molecule has 2 aromatic carbocycles. The summed E-state index contributed by atoms with van der Waals surface area (Å²) in [7, 11) is -4.66. The number of aryl methyl sites for hydroxylation is 1. The molecule has 0 fully saturated rings. The SMILES string of the molecule is CCCCCCCCCc1ccc(OP(=O)(O)O)c(-c2ccccc2)c1CCCCCCCCC. The van der Waals surface area contributed by atoms with Crippen LogP contribution in [0.1, 0.15) is 115 Å². The topological polar surface area (TPSA) is 66.8 Å². The lowest BCUT2D eigenvalue weighted by Gasteiger charge is -2.20. The van der Waals surface area contributed by atoms with Gasteiger partial charge in [0.2, 0.25) is 0 Å². The van der Waals surface area contributed by atoms with Crippen molar-refractivity contribution >= 4 is 7.82 Å². The highest BCUT2D eigenvalue weighted by molar-refractivity contribution is 7.46. The first-order valence-electron chi connectivity index (χ1n) is 13.9.